The fourth-order valence-electron chi connectivity index (χ4n) is 1.54. The van der Waals surface area contributed by atoms with Gasteiger partial charge in [-0.15, -0.1) is 0 Å². The molecule has 1 amide bonds. The topological polar surface area (TPSA) is 58.6 Å². The molecule has 0 aliphatic rings. The summed E-state index contributed by atoms with van der Waals surface area (Å²) < 4.78 is 5.98. The van der Waals surface area contributed by atoms with Crippen molar-refractivity contribution in [3.05, 3.63) is 28.2 Å². The van der Waals surface area contributed by atoms with E-state index in [-0.39, 0.29) is 18.4 Å². The lowest BCUT2D eigenvalue weighted by Crippen LogP contribution is -2.29. The maximum atomic E-state index is 12.0. The van der Waals surface area contributed by atoms with Crippen LogP contribution in [0.5, 0.6) is 5.75 Å². The Morgan fingerprint density at radius 3 is 2.89 bits per heavy atom. The predicted octanol–water partition coefficient (Wildman–Crippen LogP) is 2.21. The Kier molecular flexibility index (Phi) is 6.15. The molecule has 0 saturated heterocycles. The third kappa shape index (κ3) is 4.31. The molecule has 0 aliphatic heterocycles. The molecule has 0 fully saturated rings. The third-order valence-corrected chi connectivity index (χ3v) is 3.13. The van der Waals surface area contributed by atoms with E-state index in [9.17, 15) is 4.79 Å². The molecule has 1 unspecified atom stereocenters. The number of halogens is 1. The van der Waals surface area contributed by atoms with Crippen LogP contribution < -0.4 is 10.1 Å². The zero-order valence-electron chi connectivity index (χ0n) is 10.6. The standard InChI is InChI=1S/C13H18BrNO3/c1-9(5-6-16)8-15-13(17)11-7-10(14)3-4-12(11)18-2/h3-4,7,9,16H,5-6,8H2,1-2H3,(H,15,17). The van der Waals surface area contributed by atoms with Crippen molar-refractivity contribution in [3.63, 3.8) is 0 Å². The van der Waals surface area contributed by atoms with Crippen LogP contribution in [0.4, 0.5) is 0 Å². The van der Waals surface area contributed by atoms with Crippen LogP contribution >= 0.6 is 15.9 Å². The first-order valence-corrected chi connectivity index (χ1v) is 6.60. The predicted molar refractivity (Wildman–Crippen MR) is 73.9 cm³/mol. The summed E-state index contributed by atoms with van der Waals surface area (Å²) >= 11 is 3.33. The van der Waals surface area contributed by atoms with Gasteiger partial charge in [0, 0.05) is 17.6 Å². The van der Waals surface area contributed by atoms with Crippen molar-refractivity contribution < 1.29 is 14.6 Å². The second-order valence-corrected chi connectivity index (χ2v) is 5.09. The lowest BCUT2D eigenvalue weighted by atomic mass is 10.1. The molecule has 1 aromatic rings. The molecule has 0 saturated carbocycles. The number of carbonyl (C=O) groups is 1. The Balaban J connectivity index is 2.68. The van der Waals surface area contributed by atoms with Gasteiger partial charge in [-0.1, -0.05) is 22.9 Å². The zero-order chi connectivity index (χ0) is 13.5. The van der Waals surface area contributed by atoms with Crippen LogP contribution in [0.3, 0.4) is 0 Å². The van der Waals surface area contributed by atoms with Gasteiger partial charge in [-0.2, -0.15) is 0 Å². The molecule has 100 valence electrons. The number of benzene rings is 1. The van der Waals surface area contributed by atoms with Crippen LogP contribution in [0.15, 0.2) is 22.7 Å². The highest BCUT2D eigenvalue weighted by Crippen LogP contribution is 2.22. The van der Waals surface area contributed by atoms with Crippen LogP contribution in [0.25, 0.3) is 0 Å². The molecule has 4 nitrogen and oxygen atoms in total. The van der Waals surface area contributed by atoms with E-state index in [4.69, 9.17) is 9.84 Å². The van der Waals surface area contributed by atoms with E-state index in [2.05, 4.69) is 21.2 Å². The van der Waals surface area contributed by atoms with Crippen molar-refractivity contribution in [3.8, 4) is 5.75 Å². The number of rotatable bonds is 6. The molecule has 0 aromatic heterocycles. The summed E-state index contributed by atoms with van der Waals surface area (Å²) in [5.41, 5.74) is 0.503. The van der Waals surface area contributed by atoms with Gasteiger partial charge in [0.2, 0.25) is 0 Å². The lowest BCUT2D eigenvalue weighted by molar-refractivity contribution is 0.0942. The third-order valence-electron chi connectivity index (χ3n) is 2.64. The summed E-state index contributed by atoms with van der Waals surface area (Å²) in [7, 11) is 1.54. The number of hydrogen-bond acceptors (Lipinski definition) is 3. The van der Waals surface area contributed by atoms with Crippen LogP contribution in [-0.2, 0) is 0 Å². The summed E-state index contributed by atoms with van der Waals surface area (Å²) in [6.07, 6.45) is 0.676. The first kappa shape index (κ1) is 15.0. The highest BCUT2D eigenvalue weighted by molar-refractivity contribution is 9.10. The van der Waals surface area contributed by atoms with Crippen molar-refractivity contribution in [1.29, 1.82) is 0 Å². The number of carbonyl (C=O) groups excluding carboxylic acids is 1. The molecule has 0 heterocycles. The smallest absolute Gasteiger partial charge is 0.255 e. The maximum absolute atomic E-state index is 12.0. The van der Waals surface area contributed by atoms with Gasteiger partial charge in [0.25, 0.3) is 5.91 Å². The molecule has 1 atom stereocenters. The molecule has 1 aromatic carbocycles. The monoisotopic (exact) mass is 315 g/mol. The number of nitrogens with one attached hydrogen (secondary N) is 1. The van der Waals surface area contributed by atoms with Crippen molar-refractivity contribution in [2.45, 2.75) is 13.3 Å². The Labute approximate surface area is 115 Å². The molecule has 5 heteroatoms. The van der Waals surface area contributed by atoms with E-state index in [1.807, 2.05) is 13.0 Å². The summed E-state index contributed by atoms with van der Waals surface area (Å²) in [6.45, 7) is 2.65. The largest absolute Gasteiger partial charge is 0.496 e. The SMILES string of the molecule is COc1ccc(Br)cc1C(=O)NCC(C)CCO. The summed E-state index contributed by atoms with van der Waals surface area (Å²) in [5, 5.41) is 11.6. The molecule has 0 bridgehead atoms. The average Bonchev–Trinajstić information content (AvgIpc) is 2.36. The Bertz CT molecular complexity index is 409. The highest BCUT2D eigenvalue weighted by Gasteiger charge is 2.13. The minimum absolute atomic E-state index is 0.136. The van der Waals surface area contributed by atoms with Crippen molar-refractivity contribution in [2.75, 3.05) is 20.3 Å². The van der Waals surface area contributed by atoms with Gasteiger partial charge in [-0.25, -0.2) is 0 Å². The second kappa shape index (κ2) is 7.38. The zero-order valence-corrected chi connectivity index (χ0v) is 12.2. The van der Waals surface area contributed by atoms with Crippen molar-refractivity contribution in [2.24, 2.45) is 5.92 Å². The molecular formula is C13H18BrNO3. The second-order valence-electron chi connectivity index (χ2n) is 4.17. The van der Waals surface area contributed by atoms with E-state index in [1.54, 1.807) is 12.1 Å². The number of aliphatic hydroxyl groups excluding tert-OH is 1. The summed E-state index contributed by atoms with van der Waals surface area (Å²) in [5.74, 6) is 0.626. The van der Waals surface area contributed by atoms with Crippen molar-refractivity contribution >= 4 is 21.8 Å². The fraction of sp³-hybridized carbons (Fsp3) is 0.462. The molecular weight excluding hydrogens is 298 g/mol. The minimum Gasteiger partial charge on any atom is -0.496 e. The first-order chi connectivity index (χ1) is 8.58. The van der Waals surface area contributed by atoms with Gasteiger partial charge < -0.3 is 15.2 Å². The number of ether oxygens (including phenoxy) is 1. The summed E-state index contributed by atoms with van der Waals surface area (Å²) in [4.78, 5) is 12.0. The van der Waals surface area contributed by atoms with Crippen LogP contribution in [0.1, 0.15) is 23.7 Å². The first-order valence-electron chi connectivity index (χ1n) is 5.81. The Hall–Kier alpha value is -1.07. The molecule has 1 rings (SSSR count). The van der Waals surface area contributed by atoms with Crippen LogP contribution in [0, 0.1) is 5.92 Å². The van der Waals surface area contributed by atoms with Gasteiger partial charge in [-0.05, 0) is 30.5 Å². The summed E-state index contributed by atoms with van der Waals surface area (Å²) in [6, 6.07) is 5.30. The van der Waals surface area contributed by atoms with Gasteiger partial charge in [0.05, 0.1) is 12.7 Å². The number of hydrogen-bond donors (Lipinski definition) is 2. The van der Waals surface area contributed by atoms with Gasteiger partial charge in [0.1, 0.15) is 5.75 Å². The fourth-order valence-corrected chi connectivity index (χ4v) is 1.90. The van der Waals surface area contributed by atoms with Gasteiger partial charge in [-0.3, -0.25) is 4.79 Å². The molecule has 2 N–H and O–H groups in total. The maximum Gasteiger partial charge on any atom is 0.255 e. The van der Waals surface area contributed by atoms with E-state index in [0.29, 0.717) is 24.3 Å². The number of amides is 1. The van der Waals surface area contributed by atoms with Crippen LogP contribution in [-0.4, -0.2) is 31.3 Å². The van der Waals surface area contributed by atoms with E-state index in [0.717, 1.165) is 4.47 Å². The van der Waals surface area contributed by atoms with E-state index >= 15 is 0 Å². The van der Waals surface area contributed by atoms with E-state index in [1.165, 1.54) is 7.11 Å². The highest BCUT2D eigenvalue weighted by atomic mass is 79.9. The van der Waals surface area contributed by atoms with Crippen LogP contribution in [0.2, 0.25) is 0 Å². The minimum atomic E-state index is -0.169. The normalized spacial score (nSPS) is 12.0. The molecule has 18 heavy (non-hydrogen) atoms. The Morgan fingerprint density at radius 2 is 2.28 bits per heavy atom. The molecule has 0 radical (unpaired) electrons. The van der Waals surface area contributed by atoms with Gasteiger partial charge >= 0.3 is 0 Å². The average molecular weight is 316 g/mol. The molecule has 0 spiro atoms. The van der Waals surface area contributed by atoms with E-state index < -0.39 is 0 Å². The number of methoxy groups -OCH3 is 1. The van der Waals surface area contributed by atoms with Crippen molar-refractivity contribution in [1.82, 2.24) is 5.32 Å². The quantitative estimate of drug-likeness (QED) is 0.846. The Morgan fingerprint density at radius 1 is 1.56 bits per heavy atom. The van der Waals surface area contributed by atoms with Gasteiger partial charge in [0.15, 0.2) is 0 Å². The molecule has 0 aliphatic carbocycles. The number of aliphatic hydroxyl groups is 1. The lowest BCUT2D eigenvalue weighted by Gasteiger charge is -2.13.